The first-order valence-electron chi connectivity index (χ1n) is 11.0. The van der Waals surface area contributed by atoms with Crippen LogP contribution in [-0.4, -0.2) is 54.2 Å². The highest BCUT2D eigenvalue weighted by Crippen LogP contribution is 2.38. The molecular formula is C26H24N4O4S. The van der Waals surface area contributed by atoms with Gasteiger partial charge in [0.15, 0.2) is 11.5 Å². The molecule has 1 aliphatic heterocycles. The molecule has 0 bridgehead atoms. The lowest BCUT2D eigenvalue weighted by Gasteiger charge is -2.38. The predicted molar refractivity (Wildman–Crippen MR) is 137 cm³/mol. The molecule has 1 N–H and O–H groups in total. The van der Waals surface area contributed by atoms with Gasteiger partial charge in [0, 0.05) is 11.5 Å². The van der Waals surface area contributed by atoms with Crippen molar-refractivity contribution in [3.05, 3.63) is 66.1 Å². The Morgan fingerprint density at radius 1 is 1.09 bits per heavy atom. The Kier molecular flexibility index (Phi) is 6.24. The summed E-state index contributed by atoms with van der Waals surface area (Å²) in [5.74, 6) is 2.33. The quantitative estimate of drug-likeness (QED) is 0.353. The van der Waals surface area contributed by atoms with Gasteiger partial charge in [-0.25, -0.2) is 9.97 Å². The van der Waals surface area contributed by atoms with E-state index in [0.29, 0.717) is 41.7 Å². The summed E-state index contributed by atoms with van der Waals surface area (Å²) in [5, 5.41) is 8.33. The maximum Gasteiger partial charge on any atom is 0.246 e. The Morgan fingerprint density at radius 3 is 2.63 bits per heavy atom. The van der Waals surface area contributed by atoms with Crippen LogP contribution in [0, 0.1) is 0 Å². The number of amides is 1. The van der Waals surface area contributed by atoms with Crippen molar-refractivity contribution >= 4 is 39.7 Å². The second kappa shape index (κ2) is 9.63. The van der Waals surface area contributed by atoms with Crippen LogP contribution in [-0.2, 0) is 4.79 Å². The summed E-state index contributed by atoms with van der Waals surface area (Å²) in [4.78, 5) is 22.3. The van der Waals surface area contributed by atoms with Gasteiger partial charge >= 0.3 is 0 Å². The molecule has 0 spiro atoms. The molecule has 0 saturated carbocycles. The van der Waals surface area contributed by atoms with Crippen molar-refractivity contribution in [3.8, 4) is 28.4 Å². The smallest absolute Gasteiger partial charge is 0.246 e. The molecule has 0 aliphatic carbocycles. The molecule has 178 valence electrons. The molecule has 4 aromatic rings. The van der Waals surface area contributed by atoms with Gasteiger partial charge in [0.25, 0.3) is 0 Å². The number of carbonyl (C=O) groups excluding carboxylic acids is 1. The van der Waals surface area contributed by atoms with E-state index < -0.39 is 0 Å². The van der Waals surface area contributed by atoms with Crippen LogP contribution in [0.15, 0.2) is 66.1 Å². The summed E-state index contributed by atoms with van der Waals surface area (Å²) >= 11 is 1.65. The molecule has 5 rings (SSSR count). The number of hydrogen-bond donors (Lipinski definition) is 1. The number of ether oxygens (including phenoxy) is 3. The summed E-state index contributed by atoms with van der Waals surface area (Å²) in [6.07, 6.45) is 2.68. The number of aromatic nitrogens is 2. The maximum absolute atomic E-state index is 11.8. The van der Waals surface area contributed by atoms with Crippen LogP contribution in [0.2, 0.25) is 0 Å². The summed E-state index contributed by atoms with van der Waals surface area (Å²) < 4.78 is 17.3. The largest absolute Gasteiger partial charge is 0.495 e. The van der Waals surface area contributed by atoms with Gasteiger partial charge in [0.1, 0.15) is 24.0 Å². The van der Waals surface area contributed by atoms with E-state index in [4.69, 9.17) is 14.2 Å². The Labute approximate surface area is 206 Å². The monoisotopic (exact) mass is 488 g/mol. The second-order valence-electron chi connectivity index (χ2n) is 7.98. The molecule has 9 heteroatoms. The van der Waals surface area contributed by atoms with Gasteiger partial charge < -0.3 is 24.4 Å². The number of thiophene rings is 1. The van der Waals surface area contributed by atoms with Crippen LogP contribution in [0.25, 0.3) is 22.0 Å². The van der Waals surface area contributed by atoms with E-state index in [0.717, 1.165) is 22.2 Å². The Balaban J connectivity index is 1.47. The molecule has 8 nitrogen and oxygen atoms in total. The highest BCUT2D eigenvalue weighted by Gasteiger charge is 2.31. The first kappa shape index (κ1) is 22.7. The summed E-state index contributed by atoms with van der Waals surface area (Å²) in [6.45, 7) is 4.52. The standard InChI is InChI=1S/C26H24N4O4S/c1-4-25(31)30-12-18(13-30)34-24-10-19-20(11-23(24)33-3)27-15-28-26(19)29-21-9-16(5-6-22(21)32-2)17-7-8-35-14-17/h4-11,14-15,18H,1,12-13H2,2-3H3,(H,27,28,29). The maximum atomic E-state index is 11.8. The fraction of sp³-hybridized carbons (Fsp3) is 0.192. The second-order valence-corrected chi connectivity index (χ2v) is 8.76. The minimum atomic E-state index is -0.131. The van der Waals surface area contributed by atoms with Crippen LogP contribution in [0.3, 0.4) is 0 Å². The van der Waals surface area contributed by atoms with E-state index in [1.54, 1.807) is 30.5 Å². The van der Waals surface area contributed by atoms with Gasteiger partial charge in [-0.15, -0.1) is 0 Å². The van der Waals surface area contributed by atoms with E-state index in [1.807, 2.05) is 35.7 Å². The summed E-state index contributed by atoms with van der Waals surface area (Å²) in [6, 6.07) is 11.8. The number of methoxy groups -OCH3 is 2. The molecule has 1 saturated heterocycles. The first-order valence-corrected chi connectivity index (χ1v) is 11.9. The van der Waals surface area contributed by atoms with E-state index in [-0.39, 0.29) is 12.0 Å². The van der Waals surface area contributed by atoms with Gasteiger partial charge in [-0.1, -0.05) is 12.6 Å². The number of likely N-dealkylation sites (tertiary alicyclic amines) is 1. The van der Waals surface area contributed by atoms with E-state index in [1.165, 1.54) is 12.4 Å². The van der Waals surface area contributed by atoms with E-state index in [2.05, 4.69) is 33.3 Å². The van der Waals surface area contributed by atoms with Gasteiger partial charge in [-0.3, -0.25) is 4.79 Å². The highest BCUT2D eigenvalue weighted by molar-refractivity contribution is 7.08. The average molecular weight is 489 g/mol. The molecular weight excluding hydrogens is 464 g/mol. The number of benzene rings is 2. The SMILES string of the molecule is C=CC(=O)N1CC(Oc2cc3c(Nc4cc(-c5ccsc5)ccc4OC)ncnc3cc2OC)C1. The van der Waals surface area contributed by atoms with E-state index >= 15 is 0 Å². The van der Waals surface area contributed by atoms with Crippen LogP contribution in [0.1, 0.15) is 0 Å². The molecule has 2 aromatic carbocycles. The number of anilines is 2. The first-order chi connectivity index (χ1) is 17.1. The van der Waals surface area contributed by atoms with E-state index in [9.17, 15) is 4.79 Å². The van der Waals surface area contributed by atoms with Gasteiger partial charge in [-0.2, -0.15) is 11.3 Å². The fourth-order valence-electron chi connectivity index (χ4n) is 3.96. The summed E-state index contributed by atoms with van der Waals surface area (Å²) in [7, 11) is 3.22. The van der Waals surface area contributed by atoms with Crippen molar-refractivity contribution in [1.29, 1.82) is 0 Å². The molecule has 1 aliphatic rings. The van der Waals surface area contributed by atoms with Crippen molar-refractivity contribution in [3.63, 3.8) is 0 Å². The van der Waals surface area contributed by atoms with Crippen molar-refractivity contribution in [2.24, 2.45) is 0 Å². The lowest BCUT2D eigenvalue weighted by atomic mass is 10.1. The number of carbonyl (C=O) groups is 1. The summed E-state index contributed by atoms with van der Waals surface area (Å²) in [5.41, 5.74) is 3.70. The topological polar surface area (TPSA) is 85.8 Å². The number of fused-ring (bicyclic) bond motifs is 1. The van der Waals surface area contributed by atoms with Crippen LogP contribution in [0.5, 0.6) is 17.2 Å². The van der Waals surface area contributed by atoms with Crippen molar-refractivity contribution in [2.75, 3.05) is 32.6 Å². The third-order valence-corrected chi connectivity index (χ3v) is 6.54. The fourth-order valence-corrected chi connectivity index (χ4v) is 4.62. The van der Waals surface area contributed by atoms with Crippen LogP contribution >= 0.6 is 11.3 Å². The molecule has 0 unspecified atom stereocenters. The number of rotatable bonds is 8. The Bertz CT molecular complexity index is 1380. The average Bonchev–Trinajstić information content (AvgIpc) is 3.40. The molecule has 0 radical (unpaired) electrons. The predicted octanol–water partition coefficient (Wildman–Crippen LogP) is 4.89. The molecule has 0 atom stereocenters. The zero-order valence-corrected chi connectivity index (χ0v) is 20.2. The van der Waals surface area contributed by atoms with Crippen LogP contribution < -0.4 is 19.5 Å². The van der Waals surface area contributed by atoms with Crippen LogP contribution in [0.4, 0.5) is 11.5 Å². The van der Waals surface area contributed by atoms with Crippen molar-refractivity contribution < 1.29 is 19.0 Å². The van der Waals surface area contributed by atoms with Crippen molar-refractivity contribution in [2.45, 2.75) is 6.10 Å². The number of nitrogens with zero attached hydrogens (tertiary/aromatic N) is 3. The minimum absolute atomic E-state index is 0.103. The zero-order chi connectivity index (χ0) is 24.4. The zero-order valence-electron chi connectivity index (χ0n) is 19.4. The van der Waals surface area contributed by atoms with Gasteiger partial charge in [0.05, 0.1) is 38.5 Å². The molecule has 2 aromatic heterocycles. The third kappa shape index (κ3) is 4.50. The molecule has 1 amide bonds. The normalized spacial score (nSPS) is 13.3. The lowest BCUT2D eigenvalue weighted by Crippen LogP contribution is -2.55. The molecule has 3 heterocycles. The Hall–Kier alpha value is -4.11. The Morgan fingerprint density at radius 2 is 1.91 bits per heavy atom. The minimum Gasteiger partial charge on any atom is -0.495 e. The number of nitrogens with one attached hydrogen (secondary N) is 1. The van der Waals surface area contributed by atoms with Gasteiger partial charge in [-0.05, 0) is 52.2 Å². The lowest BCUT2D eigenvalue weighted by molar-refractivity contribution is -0.134. The third-order valence-electron chi connectivity index (χ3n) is 5.86. The molecule has 35 heavy (non-hydrogen) atoms. The highest BCUT2D eigenvalue weighted by atomic mass is 32.1. The molecule has 1 fully saturated rings. The van der Waals surface area contributed by atoms with Gasteiger partial charge in [0.2, 0.25) is 5.91 Å². The number of hydrogen-bond acceptors (Lipinski definition) is 8. The van der Waals surface area contributed by atoms with Crippen molar-refractivity contribution in [1.82, 2.24) is 14.9 Å².